The molecule has 0 spiro atoms. The number of hydrogen-bond donors (Lipinski definition) is 1. The zero-order chi connectivity index (χ0) is 11.4. The number of piperazine rings is 1. The summed E-state index contributed by atoms with van der Waals surface area (Å²) in [5.74, 6) is 0. The SMILES string of the molecule is CCCC1CN(c2ccc(Cl)cc2)CCN1. The van der Waals surface area contributed by atoms with Crippen LogP contribution in [0.25, 0.3) is 0 Å². The van der Waals surface area contributed by atoms with Crippen molar-refractivity contribution >= 4 is 17.3 Å². The predicted molar refractivity (Wildman–Crippen MR) is 70.4 cm³/mol. The molecule has 1 unspecified atom stereocenters. The lowest BCUT2D eigenvalue weighted by atomic mass is 10.1. The second-order valence-electron chi connectivity index (χ2n) is 4.36. The molecule has 1 aliphatic heterocycles. The maximum atomic E-state index is 5.90. The summed E-state index contributed by atoms with van der Waals surface area (Å²) in [6.07, 6.45) is 2.50. The van der Waals surface area contributed by atoms with Crippen molar-refractivity contribution in [2.24, 2.45) is 0 Å². The van der Waals surface area contributed by atoms with Crippen LogP contribution in [0.15, 0.2) is 24.3 Å². The van der Waals surface area contributed by atoms with Crippen LogP contribution in [0.2, 0.25) is 5.02 Å². The van der Waals surface area contributed by atoms with Gasteiger partial charge in [0.1, 0.15) is 0 Å². The monoisotopic (exact) mass is 238 g/mol. The lowest BCUT2D eigenvalue weighted by molar-refractivity contribution is 0.431. The highest BCUT2D eigenvalue weighted by atomic mass is 35.5. The molecular weight excluding hydrogens is 220 g/mol. The molecule has 88 valence electrons. The first-order valence-electron chi connectivity index (χ1n) is 6.03. The first-order chi connectivity index (χ1) is 7.79. The van der Waals surface area contributed by atoms with Crippen LogP contribution in [0.1, 0.15) is 19.8 Å². The van der Waals surface area contributed by atoms with E-state index in [1.54, 1.807) is 0 Å². The Morgan fingerprint density at radius 3 is 2.81 bits per heavy atom. The summed E-state index contributed by atoms with van der Waals surface area (Å²) in [7, 11) is 0. The number of anilines is 1. The molecule has 2 rings (SSSR count). The normalized spacial score (nSPS) is 21.1. The zero-order valence-corrected chi connectivity index (χ0v) is 10.5. The summed E-state index contributed by atoms with van der Waals surface area (Å²) in [5.41, 5.74) is 1.28. The van der Waals surface area contributed by atoms with Crippen molar-refractivity contribution in [1.82, 2.24) is 5.32 Å². The third-order valence-corrected chi connectivity index (χ3v) is 3.34. The van der Waals surface area contributed by atoms with Crippen molar-refractivity contribution in [1.29, 1.82) is 0 Å². The lowest BCUT2D eigenvalue weighted by Gasteiger charge is -2.35. The maximum absolute atomic E-state index is 5.90. The Morgan fingerprint density at radius 2 is 2.12 bits per heavy atom. The average molecular weight is 239 g/mol. The highest BCUT2D eigenvalue weighted by Gasteiger charge is 2.18. The van der Waals surface area contributed by atoms with Gasteiger partial charge in [0.15, 0.2) is 0 Å². The van der Waals surface area contributed by atoms with Gasteiger partial charge in [0, 0.05) is 36.4 Å². The van der Waals surface area contributed by atoms with E-state index in [4.69, 9.17) is 11.6 Å². The first kappa shape index (κ1) is 11.7. The maximum Gasteiger partial charge on any atom is 0.0407 e. The van der Waals surface area contributed by atoms with Gasteiger partial charge in [-0.3, -0.25) is 0 Å². The molecule has 1 atom stereocenters. The molecule has 0 radical (unpaired) electrons. The van der Waals surface area contributed by atoms with Gasteiger partial charge in [0.05, 0.1) is 0 Å². The molecule has 0 aliphatic carbocycles. The third kappa shape index (κ3) is 2.89. The second-order valence-corrected chi connectivity index (χ2v) is 4.80. The number of nitrogens with one attached hydrogen (secondary N) is 1. The molecule has 0 aromatic heterocycles. The topological polar surface area (TPSA) is 15.3 Å². The highest BCUT2D eigenvalue weighted by Crippen LogP contribution is 2.19. The van der Waals surface area contributed by atoms with Crippen LogP contribution in [-0.2, 0) is 0 Å². The van der Waals surface area contributed by atoms with Crippen LogP contribution >= 0.6 is 11.6 Å². The van der Waals surface area contributed by atoms with Gasteiger partial charge in [0.25, 0.3) is 0 Å². The van der Waals surface area contributed by atoms with Crippen molar-refractivity contribution < 1.29 is 0 Å². The molecule has 1 aromatic carbocycles. The van der Waals surface area contributed by atoms with Gasteiger partial charge >= 0.3 is 0 Å². The molecular formula is C13H19ClN2. The number of benzene rings is 1. The van der Waals surface area contributed by atoms with Crippen LogP contribution in [-0.4, -0.2) is 25.7 Å². The highest BCUT2D eigenvalue weighted by molar-refractivity contribution is 6.30. The summed E-state index contributed by atoms with van der Waals surface area (Å²) in [6.45, 7) is 5.51. The minimum atomic E-state index is 0.634. The van der Waals surface area contributed by atoms with E-state index in [0.29, 0.717) is 6.04 Å². The summed E-state index contributed by atoms with van der Waals surface area (Å²) < 4.78 is 0. The Labute approximate surface area is 103 Å². The van der Waals surface area contributed by atoms with Gasteiger partial charge in [-0.2, -0.15) is 0 Å². The van der Waals surface area contributed by atoms with E-state index in [1.807, 2.05) is 12.1 Å². The largest absolute Gasteiger partial charge is 0.369 e. The Hall–Kier alpha value is -0.730. The summed E-state index contributed by atoms with van der Waals surface area (Å²) in [6, 6.07) is 8.78. The molecule has 0 saturated carbocycles. The smallest absolute Gasteiger partial charge is 0.0407 e. The van der Waals surface area contributed by atoms with Gasteiger partial charge in [0.2, 0.25) is 0 Å². The minimum absolute atomic E-state index is 0.634. The van der Waals surface area contributed by atoms with Gasteiger partial charge in [-0.1, -0.05) is 24.9 Å². The van der Waals surface area contributed by atoms with Crippen molar-refractivity contribution in [2.75, 3.05) is 24.5 Å². The fraction of sp³-hybridized carbons (Fsp3) is 0.538. The Kier molecular flexibility index (Phi) is 4.08. The fourth-order valence-electron chi connectivity index (χ4n) is 2.25. The quantitative estimate of drug-likeness (QED) is 0.871. The molecule has 1 aliphatic rings. The number of halogens is 1. The van der Waals surface area contributed by atoms with E-state index in [2.05, 4.69) is 29.3 Å². The van der Waals surface area contributed by atoms with Crippen molar-refractivity contribution in [2.45, 2.75) is 25.8 Å². The molecule has 16 heavy (non-hydrogen) atoms. The van der Waals surface area contributed by atoms with Crippen LogP contribution < -0.4 is 10.2 Å². The van der Waals surface area contributed by atoms with Crippen LogP contribution in [0, 0.1) is 0 Å². The molecule has 1 heterocycles. The Balaban J connectivity index is 2.01. The molecule has 3 heteroatoms. The van der Waals surface area contributed by atoms with E-state index in [-0.39, 0.29) is 0 Å². The van der Waals surface area contributed by atoms with Crippen molar-refractivity contribution in [3.05, 3.63) is 29.3 Å². The van der Waals surface area contributed by atoms with Crippen LogP contribution in [0.5, 0.6) is 0 Å². The average Bonchev–Trinajstić information content (AvgIpc) is 2.31. The fourth-order valence-corrected chi connectivity index (χ4v) is 2.38. The minimum Gasteiger partial charge on any atom is -0.369 e. The van der Waals surface area contributed by atoms with Crippen molar-refractivity contribution in [3.63, 3.8) is 0 Å². The summed E-state index contributed by atoms with van der Waals surface area (Å²) in [4.78, 5) is 2.44. The molecule has 0 bridgehead atoms. The van der Waals surface area contributed by atoms with Gasteiger partial charge in [-0.25, -0.2) is 0 Å². The van der Waals surface area contributed by atoms with E-state index in [1.165, 1.54) is 18.5 Å². The molecule has 1 N–H and O–H groups in total. The molecule has 1 saturated heterocycles. The number of rotatable bonds is 3. The lowest BCUT2D eigenvalue weighted by Crippen LogP contribution is -2.50. The van der Waals surface area contributed by atoms with Crippen LogP contribution in [0.3, 0.4) is 0 Å². The number of nitrogens with zero attached hydrogens (tertiary/aromatic N) is 1. The molecule has 0 amide bonds. The van der Waals surface area contributed by atoms with E-state index in [0.717, 1.165) is 24.7 Å². The van der Waals surface area contributed by atoms with Gasteiger partial charge in [-0.05, 0) is 30.7 Å². The van der Waals surface area contributed by atoms with Gasteiger partial charge in [-0.15, -0.1) is 0 Å². The van der Waals surface area contributed by atoms with E-state index < -0.39 is 0 Å². The van der Waals surface area contributed by atoms with E-state index in [9.17, 15) is 0 Å². The summed E-state index contributed by atoms with van der Waals surface area (Å²) in [5, 5.41) is 4.37. The van der Waals surface area contributed by atoms with Crippen molar-refractivity contribution in [3.8, 4) is 0 Å². The third-order valence-electron chi connectivity index (χ3n) is 3.08. The Morgan fingerprint density at radius 1 is 1.38 bits per heavy atom. The molecule has 2 nitrogen and oxygen atoms in total. The first-order valence-corrected chi connectivity index (χ1v) is 6.41. The zero-order valence-electron chi connectivity index (χ0n) is 9.75. The van der Waals surface area contributed by atoms with Crippen LogP contribution in [0.4, 0.5) is 5.69 Å². The predicted octanol–water partition coefficient (Wildman–Crippen LogP) is 2.92. The Bertz CT molecular complexity index is 321. The van der Waals surface area contributed by atoms with E-state index >= 15 is 0 Å². The molecule has 1 aromatic rings. The number of hydrogen-bond acceptors (Lipinski definition) is 2. The second kappa shape index (κ2) is 5.55. The molecule has 1 fully saturated rings. The summed E-state index contributed by atoms with van der Waals surface area (Å²) >= 11 is 5.90. The standard InChI is InChI=1S/C13H19ClN2/c1-2-3-12-10-16(9-8-15-12)13-6-4-11(14)5-7-13/h4-7,12,15H,2-3,8-10H2,1H3. The van der Waals surface area contributed by atoms with Gasteiger partial charge < -0.3 is 10.2 Å².